The molecule has 2 aromatic rings. The van der Waals surface area contributed by atoms with E-state index in [1.54, 1.807) is 0 Å². The molecule has 2 rings (SSSR count). The lowest BCUT2D eigenvalue weighted by molar-refractivity contribution is -0.384. The predicted octanol–water partition coefficient (Wildman–Crippen LogP) is 2.23. The monoisotopic (exact) mass is 260 g/mol. The molecule has 0 bridgehead atoms. The second kappa shape index (κ2) is 5.34. The molecule has 6 heteroatoms. The number of hydrogen-bond acceptors (Lipinski definition) is 4. The Kier molecular flexibility index (Phi) is 3.61. The first-order chi connectivity index (χ1) is 9.11. The van der Waals surface area contributed by atoms with Crippen LogP contribution in [0.4, 0.5) is 5.69 Å². The van der Waals surface area contributed by atoms with Gasteiger partial charge in [0.05, 0.1) is 18.2 Å². The highest BCUT2D eigenvalue weighted by Gasteiger charge is 2.19. The van der Waals surface area contributed by atoms with E-state index in [0.29, 0.717) is 6.54 Å². The summed E-state index contributed by atoms with van der Waals surface area (Å²) in [4.78, 5) is 21.8. The number of carbonyl (C=O) groups is 1. The fraction of sp³-hybridized carbons (Fsp3) is 0.154. The predicted molar refractivity (Wildman–Crippen MR) is 68.0 cm³/mol. The van der Waals surface area contributed by atoms with Gasteiger partial charge in [0.1, 0.15) is 5.69 Å². The Morgan fingerprint density at radius 2 is 2.05 bits per heavy atom. The summed E-state index contributed by atoms with van der Waals surface area (Å²) in [6, 6.07) is 10.6. The summed E-state index contributed by atoms with van der Waals surface area (Å²) in [6.45, 7) is 0.374. The summed E-state index contributed by atoms with van der Waals surface area (Å²) in [5, 5.41) is 10.8. The van der Waals surface area contributed by atoms with Crippen LogP contribution < -0.4 is 0 Å². The number of nitrogens with zero attached hydrogens (tertiary/aromatic N) is 2. The summed E-state index contributed by atoms with van der Waals surface area (Å²) >= 11 is 0. The first kappa shape index (κ1) is 12.8. The van der Waals surface area contributed by atoms with Crippen LogP contribution in [-0.4, -0.2) is 22.6 Å². The van der Waals surface area contributed by atoms with Gasteiger partial charge in [-0.2, -0.15) is 0 Å². The Labute approximate surface area is 109 Å². The molecule has 0 aliphatic carbocycles. The van der Waals surface area contributed by atoms with E-state index in [1.807, 2.05) is 30.3 Å². The van der Waals surface area contributed by atoms with Crippen LogP contribution >= 0.6 is 0 Å². The van der Waals surface area contributed by atoms with Crippen molar-refractivity contribution in [3.8, 4) is 0 Å². The molecular formula is C13H12N2O4. The quantitative estimate of drug-likeness (QED) is 0.480. The Balaban J connectivity index is 2.37. The first-order valence-corrected chi connectivity index (χ1v) is 5.58. The molecule has 0 aliphatic heterocycles. The number of rotatable bonds is 4. The molecule has 0 spiro atoms. The Morgan fingerprint density at radius 1 is 1.37 bits per heavy atom. The topological polar surface area (TPSA) is 74.4 Å². The number of benzene rings is 1. The molecule has 0 N–H and O–H groups in total. The van der Waals surface area contributed by atoms with E-state index in [2.05, 4.69) is 4.74 Å². The largest absolute Gasteiger partial charge is 0.464 e. The third kappa shape index (κ3) is 2.79. The van der Waals surface area contributed by atoms with Gasteiger partial charge in [-0.1, -0.05) is 30.3 Å². The fourth-order valence-electron chi connectivity index (χ4n) is 1.78. The summed E-state index contributed by atoms with van der Waals surface area (Å²) in [7, 11) is 1.24. The third-order valence-electron chi connectivity index (χ3n) is 2.68. The zero-order valence-electron chi connectivity index (χ0n) is 10.3. The summed E-state index contributed by atoms with van der Waals surface area (Å²) < 4.78 is 6.14. The van der Waals surface area contributed by atoms with Gasteiger partial charge < -0.3 is 9.30 Å². The van der Waals surface area contributed by atoms with Gasteiger partial charge in [0.2, 0.25) is 0 Å². The second-order valence-electron chi connectivity index (χ2n) is 3.95. The molecule has 98 valence electrons. The van der Waals surface area contributed by atoms with Gasteiger partial charge in [-0.25, -0.2) is 4.79 Å². The van der Waals surface area contributed by atoms with Gasteiger partial charge in [-0.15, -0.1) is 0 Å². The first-order valence-electron chi connectivity index (χ1n) is 5.58. The summed E-state index contributed by atoms with van der Waals surface area (Å²) in [6.07, 6.45) is 1.33. The molecule has 1 heterocycles. The van der Waals surface area contributed by atoms with Crippen molar-refractivity contribution in [2.75, 3.05) is 7.11 Å². The summed E-state index contributed by atoms with van der Waals surface area (Å²) in [5.74, 6) is -0.593. The van der Waals surface area contributed by atoms with Crippen LogP contribution in [0.1, 0.15) is 16.1 Å². The Morgan fingerprint density at radius 3 is 2.63 bits per heavy atom. The maximum absolute atomic E-state index is 11.6. The Hall–Kier alpha value is -2.63. The minimum absolute atomic E-state index is 0.128. The van der Waals surface area contributed by atoms with Gasteiger partial charge in [0.15, 0.2) is 0 Å². The van der Waals surface area contributed by atoms with Crippen LogP contribution in [0.25, 0.3) is 0 Å². The van der Waals surface area contributed by atoms with Crippen LogP contribution in [0.3, 0.4) is 0 Å². The molecule has 0 atom stereocenters. The van der Waals surface area contributed by atoms with Crippen molar-refractivity contribution in [2.45, 2.75) is 6.54 Å². The minimum atomic E-state index is -0.593. The zero-order chi connectivity index (χ0) is 13.8. The molecule has 0 amide bonds. The molecule has 0 aliphatic rings. The highest BCUT2D eigenvalue weighted by molar-refractivity contribution is 5.88. The summed E-state index contributed by atoms with van der Waals surface area (Å²) in [5.41, 5.74) is 0.979. The van der Waals surface area contributed by atoms with Crippen LogP contribution in [0, 0.1) is 10.1 Å². The number of nitro groups is 1. The normalized spacial score (nSPS) is 10.2. The number of methoxy groups -OCH3 is 1. The van der Waals surface area contributed by atoms with E-state index < -0.39 is 10.9 Å². The number of aromatic nitrogens is 1. The van der Waals surface area contributed by atoms with Gasteiger partial charge in [0, 0.05) is 12.6 Å². The minimum Gasteiger partial charge on any atom is -0.464 e. The molecule has 19 heavy (non-hydrogen) atoms. The number of esters is 1. The lowest BCUT2D eigenvalue weighted by atomic mass is 10.2. The van der Waals surface area contributed by atoms with E-state index in [0.717, 1.165) is 5.56 Å². The van der Waals surface area contributed by atoms with Crippen molar-refractivity contribution in [1.29, 1.82) is 0 Å². The zero-order valence-corrected chi connectivity index (χ0v) is 10.3. The molecule has 6 nitrogen and oxygen atoms in total. The second-order valence-corrected chi connectivity index (χ2v) is 3.95. The average Bonchev–Trinajstić information content (AvgIpc) is 2.83. The molecular weight excluding hydrogens is 248 g/mol. The van der Waals surface area contributed by atoms with Crippen molar-refractivity contribution in [1.82, 2.24) is 4.57 Å². The molecule has 0 unspecified atom stereocenters. The fourth-order valence-corrected chi connectivity index (χ4v) is 1.78. The van der Waals surface area contributed by atoms with Crippen molar-refractivity contribution in [2.24, 2.45) is 0 Å². The maximum Gasteiger partial charge on any atom is 0.354 e. The molecule has 0 saturated carbocycles. The van der Waals surface area contributed by atoms with Crippen LogP contribution in [0.2, 0.25) is 0 Å². The van der Waals surface area contributed by atoms with E-state index >= 15 is 0 Å². The van der Waals surface area contributed by atoms with Gasteiger partial charge in [-0.05, 0) is 5.56 Å². The van der Waals surface area contributed by atoms with Crippen LogP contribution in [0.5, 0.6) is 0 Å². The average molecular weight is 260 g/mol. The van der Waals surface area contributed by atoms with Crippen LogP contribution in [0.15, 0.2) is 42.6 Å². The molecule has 0 saturated heterocycles. The van der Waals surface area contributed by atoms with E-state index in [1.165, 1.54) is 23.9 Å². The standard InChI is InChI=1S/C13H12N2O4/c1-19-13(16)12-7-11(15(17)18)9-14(12)8-10-5-3-2-4-6-10/h2-7,9H,8H2,1H3. The maximum atomic E-state index is 11.6. The molecule has 0 fully saturated rings. The highest BCUT2D eigenvalue weighted by Crippen LogP contribution is 2.18. The third-order valence-corrected chi connectivity index (χ3v) is 2.68. The number of ether oxygens (including phenoxy) is 1. The van der Waals surface area contributed by atoms with Gasteiger partial charge >= 0.3 is 5.97 Å². The van der Waals surface area contributed by atoms with E-state index in [-0.39, 0.29) is 11.4 Å². The highest BCUT2D eigenvalue weighted by atomic mass is 16.6. The smallest absolute Gasteiger partial charge is 0.354 e. The molecule has 0 radical (unpaired) electrons. The molecule has 1 aromatic carbocycles. The lowest BCUT2D eigenvalue weighted by Gasteiger charge is -2.06. The van der Waals surface area contributed by atoms with Gasteiger partial charge in [0.25, 0.3) is 5.69 Å². The van der Waals surface area contributed by atoms with Crippen molar-refractivity contribution < 1.29 is 14.5 Å². The van der Waals surface area contributed by atoms with Crippen molar-refractivity contribution in [3.05, 3.63) is 64.0 Å². The van der Waals surface area contributed by atoms with E-state index in [9.17, 15) is 14.9 Å². The van der Waals surface area contributed by atoms with Gasteiger partial charge in [-0.3, -0.25) is 10.1 Å². The van der Waals surface area contributed by atoms with E-state index in [4.69, 9.17) is 0 Å². The van der Waals surface area contributed by atoms with Crippen LogP contribution in [-0.2, 0) is 11.3 Å². The van der Waals surface area contributed by atoms with Crippen molar-refractivity contribution >= 4 is 11.7 Å². The SMILES string of the molecule is COC(=O)c1cc([N+](=O)[O-])cn1Cc1ccccc1. The lowest BCUT2D eigenvalue weighted by Crippen LogP contribution is -2.10. The molecule has 1 aromatic heterocycles. The number of carbonyl (C=O) groups excluding carboxylic acids is 1. The van der Waals surface area contributed by atoms with Crippen molar-refractivity contribution in [3.63, 3.8) is 0 Å². The Bertz CT molecular complexity index is 604. The number of hydrogen-bond donors (Lipinski definition) is 0.